The fourth-order valence-corrected chi connectivity index (χ4v) is 1.38. The number of rotatable bonds is 3. The van der Waals surface area contributed by atoms with E-state index in [9.17, 15) is 4.79 Å². The smallest absolute Gasteiger partial charge is 0.311 e. The van der Waals surface area contributed by atoms with Gasteiger partial charge in [-0.25, -0.2) is 0 Å². The fourth-order valence-electron chi connectivity index (χ4n) is 1.01. The molecule has 0 amide bonds. The Morgan fingerprint density at radius 3 is 2.42 bits per heavy atom. The van der Waals surface area contributed by atoms with Gasteiger partial charge in [-0.3, -0.25) is 4.79 Å². The number of hydrogen-bond acceptors (Lipinski definition) is 2. The van der Waals surface area contributed by atoms with Crippen molar-refractivity contribution in [3.05, 3.63) is 35.9 Å². The van der Waals surface area contributed by atoms with E-state index in [1.165, 1.54) is 0 Å². The zero-order valence-corrected chi connectivity index (χ0v) is 7.37. The fraction of sp³-hybridized carbons (Fsp3) is 0.222. The highest BCUT2D eigenvalue weighted by molar-refractivity contribution is 7.80. The van der Waals surface area contributed by atoms with Crippen LogP contribution >= 0.6 is 12.6 Å². The maximum Gasteiger partial charge on any atom is 0.311 e. The Kier molecular flexibility index (Phi) is 3.17. The molecule has 0 radical (unpaired) electrons. The molecule has 0 fully saturated rings. The molecule has 0 aliphatic heterocycles. The van der Waals surface area contributed by atoms with Crippen molar-refractivity contribution in [3.63, 3.8) is 0 Å². The highest BCUT2D eigenvalue weighted by Gasteiger charge is 2.16. The van der Waals surface area contributed by atoms with Crippen molar-refractivity contribution in [2.75, 3.05) is 5.75 Å². The van der Waals surface area contributed by atoms with E-state index < -0.39 is 11.9 Å². The molecule has 0 aliphatic rings. The van der Waals surface area contributed by atoms with Gasteiger partial charge in [0.25, 0.3) is 0 Å². The minimum Gasteiger partial charge on any atom is -0.481 e. The summed E-state index contributed by atoms with van der Waals surface area (Å²) in [6, 6.07) is 9.12. The summed E-state index contributed by atoms with van der Waals surface area (Å²) in [6.45, 7) is 0. The number of benzene rings is 1. The Hall–Kier alpha value is -0.960. The van der Waals surface area contributed by atoms with Gasteiger partial charge in [-0.15, -0.1) is 0 Å². The molecule has 3 heteroatoms. The summed E-state index contributed by atoms with van der Waals surface area (Å²) in [5, 5.41) is 8.78. The van der Waals surface area contributed by atoms with Crippen LogP contribution in [0.25, 0.3) is 0 Å². The summed E-state index contributed by atoms with van der Waals surface area (Å²) in [7, 11) is 0. The highest BCUT2D eigenvalue weighted by Crippen LogP contribution is 2.16. The normalized spacial score (nSPS) is 12.4. The second-order valence-electron chi connectivity index (χ2n) is 2.48. The van der Waals surface area contributed by atoms with Crippen molar-refractivity contribution in [2.45, 2.75) is 5.92 Å². The van der Waals surface area contributed by atoms with Gasteiger partial charge in [0.1, 0.15) is 0 Å². The SMILES string of the molecule is O=C(O)[C@@H](CS)c1ccccc1. The van der Waals surface area contributed by atoms with Crippen molar-refractivity contribution < 1.29 is 9.90 Å². The van der Waals surface area contributed by atoms with Crippen molar-refractivity contribution in [2.24, 2.45) is 0 Å². The minimum atomic E-state index is -0.823. The van der Waals surface area contributed by atoms with Gasteiger partial charge in [-0.05, 0) is 5.56 Å². The summed E-state index contributed by atoms with van der Waals surface area (Å²) >= 11 is 3.99. The van der Waals surface area contributed by atoms with Crippen LogP contribution < -0.4 is 0 Å². The van der Waals surface area contributed by atoms with E-state index in [4.69, 9.17) is 5.11 Å². The molecule has 0 aliphatic carbocycles. The Morgan fingerprint density at radius 1 is 1.42 bits per heavy atom. The number of thiol groups is 1. The van der Waals surface area contributed by atoms with Gasteiger partial charge in [0.05, 0.1) is 5.92 Å². The third kappa shape index (κ3) is 2.01. The number of aliphatic carboxylic acids is 1. The third-order valence-electron chi connectivity index (χ3n) is 1.68. The van der Waals surface area contributed by atoms with Gasteiger partial charge in [-0.2, -0.15) is 12.6 Å². The molecule has 1 rings (SSSR count). The standard InChI is InChI=1S/C9H10O2S/c10-9(11)8(6-12)7-4-2-1-3-5-7/h1-5,8,12H,6H2,(H,10,11)/t8-/m0/s1. The summed E-state index contributed by atoms with van der Waals surface area (Å²) < 4.78 is 0. The Balaban J connectivity index is 2.88. The molecule has 1 aromatic carbocycles. The molecule has 0 aromatic heterocycles. The van der Waals surface area contributed by atoms with Crippen molar-refractivity contribution in [1.82, 2.24) is 0 Å². The maximum absolute atomic E-state index is 10.7. The van der Waals surface area contributed by atoms with Crippen LogP contribution in [0.1, 0.15) is 11.5 Å². The topological polar surface area (TPSA) is 37.3 Å². The number of carboxylic acid groups (broad SMARTS) is 1. The average molecular weight is 182 g/mol. The maximum atomic E-state index is 10.7. The lowest BCUT2D eigenvalue weighted by Gasteiger charge is -2.08. The van der Waals surface area contributed by atoms with Crippen LogP contribution in [0.4, 0.5) is 0 Å². The Labute approximate surface area is 76.6 Å². The minimum absolute atomic E-state index is 0.333. The Morgan fingerprint density at radius 2 is 2.00 bits per heavy atom. The molecule has 1 atom stereocenters. The summed E-state index contributed by atoms with van der Waals surface area (Å²) in [5.74, 6) is -0.981. The lowest BCUT2D eigenvalue weighted by Crippen LogP contribution is -2.12. The predicted molar refractivity (Wildman–Crippen MR) is 50.7 cm³/mol. The van der Waals surface area contributed by atoms with Gasteiger partial charge in [0.15, 0.2) is 0 Å². The first-order valence-electron chi connectivity index (χ1n) is 3.64. The van der Waals surface area contributed by atoms with Crippen LogP contribution in [0.5, 0.6) is 0 Å². The average Bonchev–Trinajstić information content (AvgIpc) is 2.07. The molecule has 0 spiro atoms. The molecule has 0 bridgehead atoms. The zero-order valence-electron chi connectivity index (χ0n) is 6.47. The molecule has 12 heavy (non-hydrogen) atoms. The molecule has 1 aromatic rings. The molecule has 0 saturated carbocycles. The molecule has 0 saturated heterocycles. The molecule has 1 N–H and O–H groups in total. The third-order valence-corrected chi connectivity index (χ3v) is 2.05. The monoisotopic (exact) mass is 182 g/mol. The van der Waals surface area contributed by atoms with Crippen molar-refractivity contribution in [3.8, 4) is 0 Å². The van der Waals surface area contributed by atoms with E-state index >= 15 is 0 Å². The van der Waals surface area contributed by atoms with Crippen LogP contribution in [-0.2, 0) is 4.79 Å². The van der Waals surface area contributed by atoms with Crippen LogP contribution in [0, 0.1) is 0 Å². The van der Waals surface area contributed by atoms with E-state index in [1.807, 2.05) is 18.2 Å². The summed E-state index contributed by atoms with van der Waals surface area (Å²) in [5.41, 5.74) is 0.806. The molecule has 0 heterocycles. The van der Waals surface area contributed by atoms with Gasteiger partial charge in [0, 0.05) is 5.75 Å². The Bertz CT molecular complexity index is 258. The van der Waals surface area contributed by atoms with Gasteiger partial charge in [0.2, 0.25) is 0 Å². The molecular formula is C9H10O2S. The summed E-state index contributed by atoms with van der Waals surface area (Å²) in [4.78, 5) is 10.7. The molecule has 64 valence electrons. The summed E-state index contributed by atoms with van der Waals surface area (Å²) in [6.07, 6.45) is 0. The van der Waals surface area contributed by atoms with E-state index in [1.54, 1.807) is 12.1 Å². The van der Waals surface area contributed by atoms with Crippen molar-refractivity contribution >= 4 is 18.6 Å². The molecule has 2 nitrogen and oxygen atoms in total. The number of hydrogen-bond donors (Lipinski definition) is 2. The van der Waals surface area contributed by atoms with E-state index in [2.05, 4.69) is 12.6 Å². The van der Waals surface area contributed by atoms with Gasteiger partial charge >= 0.3 is 5.97 Å². The first-order chi connectivity index (χ1) is 5.75. The van der Waals surface area contributed by atoms with E-state index in [-0.39, 0.29) is 0 Å². The highest BCUT2D eigenvalue weighted by atomic mass is 32.1. The number of carbonyl (C=O) groups is 1. The van der Waals surface area contributed by atoms with Crippen LogP contribution in [0.2, 0.25) is 0 Å². The van der Waals surface area contributed by atoms with Crippen LogP contribution in [-0.4, -0.2) is 16.8 Å². The zero-order chi connectivity index (χ0) is 8.97. The first kappa shape index (κ1) is 9.13. The predicted octanol–water partition coefficient (Wildman–Crippen LogP) is 1.78. The second-order valence-corrected chi connectivity index (χ2v) is 2.85. The first-order valence-corrected chi connectivity index (χ1v) is 4.27. The molecule has 0 unspecified atom stereocenters. The van der Waals surface area contributed by atoms with Gasteiger partial charge < -0.3 is 5.11 Å². The number of carboxylic acids is 1. The largest absolute Gasteiger partial charge is 0.481 e. The second kappa shape index (κ2) is 4.16. The lowest BCUT2D eigenvalue weighted by atomic mass is 10.0. The van der Waals surface area contributed by atoms with E-state index in [0.717, 1.165) is 5.56 Å². The van der Waals surface area contributed by atoms with Crippen LogP contribution in [0.15, 0.2) is 30.3 Å². The molecular weight excluding hydrogens is 172 g/mol. The van der Waals surface area contributed by atoms with Crippen molar-refractivity contribution in [1.29, 1.82) is 0 Å². The lowest BCUT2D eigenvalue weighted by molar-refractivity contribution is -0.138. The van der Waals surface area contributed by atoms with E-state index in [0.29, 0.717) is 5.75 Å². The van der Waals surface area contributed by atoms with Gasteiger partial charge in [-0.1, -0.05) is 30.3 Å². The quantitative estimate of drug-likeness (QED) is 0.699. The van der Waals surface area contributed by atoms with Crippen LogP contribution in [0.3, 0.4) is 0 Å².